The smallest absolute Gasteiger partial charge is 0.261 e. The first-order chi connectivity index (χ1) is 16.0. The van der Waals surface area contributed by atoms with Crippen LogP contribution in [0.4, 0.5) is 0 Å². The Balaban J connectivity index is 1.88. The monoisotopic (exact) mass is 466 g/mol. The van der Waals surface area contributed by atoms with Crippen molar-refractivity contribution in [1.82, 2.24) is 10.2 Å². The highest BCUT2D eigenvalue weighted by Crippen LogP contribution is 2.20. The Morgan fingerprint density at radius 3 is 2.33 bits per heavy atom. The molecule has 172 valence electrons. The fourth-order valence-electron chi connectivity index (χ4n) is 3.47. The second-order valence-corrected chi connectivity index (χ2v) is 7.88. The van der Waals surface area contributed by atoms with Crippen LogP contribution in [0, 0.1) is 0 Å². The Morgan fingerprint density at radius 2 is 1.64 bits per heavy atom. The largest absolute Gasteiger partial charge is 0.497 e. The van der Waals surface area contributed by atoms with Gasteiger partial charge in [-0.25, -0.2) is 0 Å². The normalized spacial score (nSPS) is 11.4. The molecule has 3 rings (SSSR count). The van der Waals surface area contributed by atoms with Crippen molar-refractivity contribution in [2.24, 2.45) is 0 Å². The van der Waals surface area contributed by atoms with E-state index in [4.69, 9.17) is 21.1 Å². The van der Waals surface area contributed by atoms with E-state index in [2.05, 4.69) is 5.32 Å². The molecule has 0 aliphatic rings. The molecule has 0 bridgehead atoms. The van der Waals surface area contributed by atoms with Gasteiger partial charge >= 0.3 is 0 Å². The Bertz CT molecular complexity index is 1070. The number of carbonyl (C=O) groups excluding carboxylic acids is 2. The molecule has 0 radical (unpaired) electrons. The number of hydrogen-bond acceptors (Lipinski definition) is 4. The Labute approximate surface area is 199 Å². The molecule has 0 saturated carbocycles. The van der Waals surface area contributed by atoms with Gasteiger partial charge in [-0.1, -0.05) is 60.1 Å². The van der Waals surface area contributed by atoms with Crippen LogP contribution in [-0.2, 0) is 22.6 Å². The lowest BCUT2D eigenvalue weighted by molar-refractivity contribution is -0.142. The third-order valence-corrected chi connectivity index (χ3v) is 5.40. The van der Waals surface area contributed by atoms with Gasteiger partial charge in [0.15, 0.2) is 6.61 Å². The highest BCUT2D eigenvalue weighted by Gasteiger charge is 2.30. The van der Waals surface area contributed by atoms with E-state index in [1.54, 1.807) is 43.3 Å². The van der Waals surface area contributed by atoms with E-state index >= 15 is 0 Å². The predicted molar refractivity (Wildman–Crippen MR) is 128 cm³/mol. The molecule has 1 atom stereocenters. The van der Waals surface area contributed by atoms with Crippen LogP contribution in [0.2, 0.25) is 5.02 Å². The predicted octanol–water partition coefficient (Wildman–Crippen LogP) is 4.11. The van der Waals surface area contributed by atoms with E-state index in [0.717, 1.165) is 11.1 Å². The summed E-state index contributed by atoms with van der Waals surface area (Å²) in [5, 5.41) is 3.21. The summed E-state index contributed by atoms with van der Waals surface area (Å²) in [5.41, 5.74) is 1.79. The molecule has 0 spiro atoms. The molecule has 0 saturated heterocycles. The lowest BCUT2D eigenvalue weighted by Gasteiger charge is -2.31. The second-order valence-electron chi connectivity index (χ2n) is 7.44. The lowest BCUT2D eigenvalue weighted by atomic mass is 10.0. The van der Waals surface area contributed by atoms with Gasteiger partial charge in [0.25, 0.3) is 5.91 Å². The number of nitrogens with zero attached hydrogens (tertiary/aromatic N) is 1. The van der Waals surface area contributed by atoms with Crippen LogP contribution in [0.3, 0.4) is 0 Å². The maximum Gasteiger partial charge on any atom is 0.261 e. The minimum atomic E-state index is -0.723. The molecule has 33 heavy (non-hydrogen) atoms. The molecular formula is C26H27ClN2O4. The van der Waals surface area contributed by atoms with Gasteiger partial charge in [-0.05, 0) is 41.5 Å². The van der Waals surface area contributed by atoms with E-state index < -0.39 is 6.04 Å². The number of halogens is 1. The number of carbonyl (C=O) groups is 2. The molecule has 0 aromatic heterocycles. The SMILES string of the molecule is CNC(=O)C(Cc1ccccc1)N(Cc1cccc(OC)c1)C(=O)COc1cccc(Cl)c1. The summed E-state index contributed by atoms with van der Waals surface area (Å²) in [7, 11) is 3.15. The molecule has 7 heteroatoms. The zero-order valence-corrected chi connectivity index (χ0v) is 19.4. The Hall–Kier alpha value is -3.51. The van der Waals surface area contributed by atoms with Crippen molar-refractivity contribution >= 4 is 23.4 Å². The maximum absolute atomic E-state index is 13.4. The molecule has 0 fully saturated rings. The third kappa shape index (κ3) is 6.99. The van der Waals surface area contributed by atoms with Crippen LogP contribution in [0.5, 0.6) is 11.5 Å². The highest BCUT2D eigenvalue weighted by atomic mass is 35.5. The summed E-state index contributed by atoms with van der Waals surface area (Å²) in [5.74, 6) is 0.589. The van der Waals surface area contributed by atoms with Crippen molar-refractivity contribution in [3.05, 3.63) is 95.0 Å². The zero-order valence-electron chi connectivity index (χ0n) is 18.7. The van der Waals surface area contributed by atoms with Gasteiger partial charge in [-0.2, -0.15) is 0 Å². The number of likely N-dealkylation sites (N-methyl/N-ethyl adjacent to an activating group) is 1. The molecule has 2 amide bonds. The molecule has 0 aliphatic carbocycles. The van der Waals surface area contributed by atoms with Crippen molar-refractivity contribution in [2.75, 3.05) is 20.8 Å². The maximum atomic E-state index is 13.4. The molecule has 1 unspecified atom stereocenters. The Kier molecular flexibility index (Phi) is 8.72. The molecule has 0 aliphatic heterocycles. The second kappa shape index (κ2) is 11.9. The van der Waals surface area contributed by atoms with E-state index in [1.807, 2.05) is 54.6 Å². The number of ether oxygens (including phenoxy) is 2. The zero-order chi connectivity index (χ0) is 23.6. The van der Waals surface area contributed by atoms with Gasteiger partial charge in [0.1, 0.15) is 17.5 Å². The number of methoxy groups -OCH3 is 1. The van der Waals surface area contributed by atoms with Crippen molar-refractivity contribution in [1.29, 1.82) is 0 Å². The van der Waals surface area contributed by atoms with E-state index in [9.17, 15) is 9.59 Å². The van der Waals surface area contributed by atoms with Gasteiger partial charge in [0, 0.05) is 25.0 Å². The minimum absolute atomic E-state index is 0.222. The average Bonchev–Trinajstić information content (AvgIpc) is 2.85. The minimum Gasteiger partial charge on any atom is -0.497 e. The first-order valence-electron chi connectivity index (χ1n) is 10.6. The molecule has 1 N–H and O–H groups in total. The van der Waals surface area contributed by atoms with Crippen molar-refractivity contribution in [3.8, 4) is 11.5 Å². The van der Waals surface area contributed by atoms with Gasteiger partial charge < -0.3 is 19.7 Å². The standard InChI is InChI=1S/C26H27ClN2O4/c1-28-26(31)24(15-19-8-4-3-5-9-19)29(17-20-10-6-12-22(14-20)32-2)25(30)18-33-23-13-7-11-21(27)16-23/h3-14,16,24H,15,17-18H2,1-2H3,(H,28,31). The van der Waals surface area contributed by atoms with Gasteiger partial charge in [-0.15, -0.1) is 0 Å². The fraction of sp³-hybridized carbons (Fsp3) is 0.231. The van der Waals surface area contributed by atoms with Crippen LogP contribution in [0.15, 0.2) is 78.9 Å². The average molecular weight is 467 g/mol. The van der Waals surface area contributed by atoms with E-state index in [1.165, 1.54) is 0 Å². The number of benzene rings is 3. The molecular weight excluding hydrogens is 440 g/mol. The summed E-state index contributed by atoms with van der Waals surface area (Å²) in [6.45, 7) is -0.00749. The van der Waals surface area contributed by atoms with Gasteiger partial charge in [-0.3, -0.25) is 9.59 Å². The van der Waals surface area contributed by atoms with Crippen molar-refractivity contribution < 1.29 is 19.1 Å². The highest BCUT2D eigenvalue weighted by molar-refractivity contribution is 6.30. The summed E-state index contributed by atoms with van der Waals surface area (Å²) >= 11 is 6.02. The first-order valence-corrected chi connectivity index (χ1v) is 10.9. The lowest BCUT2D eigenvalue weighted by Crippen LogP contribution is -2.51. The topological polar surface area (TPSA) is 67.9 Å². The van der Waals surface area contributed by atoms with Crippen molar-refractivity contribution in [2.45, 2.75) is 19.0 Å². The van der Waals surface area contributed by atoms with Crippen LogP contribution in [-0.4, -0.2) is 43.5 Å². The van der Waals surface area contributed by atoms with Gasteiger partial charge in [0.2, 0.25) is 5.91 Å². The van der Waals surface area contributed by atoms with Crippen molar-refractivity contribution in [3.63, 3.8) is 0 Å². The van der Waals surface area contributed by atoms with Crippen LogP contribution in [0.25, 0.3) is 0 Å². The summed E-state index contributed by atoms with van der Waals surface area (Å²) < 4.78 is 11.0. The number of amides is 2. The quantitative estimate of drug-likeness (QED) is 0.488. The summed E-state index contributed by atoms with van der Waals surface area (Å²) in [6.07, 6.45) is 0.368. The van der Waals surface area contributed by atoms with Crippen LogP contribution < -0.4 is 14.8 Å². The van der Waals surface area contributed by atoms with E-state index in [-0.39, 0.29) is 25.0 Å². The van der Waals surface area contributed by atoms with E-state index in [0.29, 0.717) is 22.9 Å². The molecule has 6 nitrogen and oxygen atoms in total. The number of rotatable bonds is 10. The molecule has 3 aromatic rings. The summed E-state index contributed by atoms with van der Waals surface area (Å²) in [4.78, 5) is 27.8. The van der Waals surface area contributed by atoms with Crippen LogP contribution >= 0.6 is 11.6 Å². The number of hydrogen-bond donors (Lipinski definition) is 1. The van der Waals surface area contributed by atoms with Crippen LogP contribution in [0.1, 0.15) is 11.1 Å². The first kappa shape index (κ1) is 24.1. The fourth-order valence-corrected chi connectivity index (χ4v) is 3.65. The molecule has 3 aromatic carbocycles. The van der Waals surface area contributed by atoms with Gasteiger partial charge in [0.05, 0.1) is 7.11 Å². The Morgan fingerprint density at radius 1 is 0.939 bits per heavy atom. The summed E-state index contributed by atoms with van der Waals surface area (Å²) in [6, 6.07) is 23.2. The third-order valence-electron chi connectivity index (χ3n) is 5.16. The molecule has 0 heterocycles. The number of nitrogens with one attached hydrogen (secondary N) is 1.